The van der Waals surface area contributed by atoms with Crippen LogP contribution in [0.25, 0.3) is 11.4 Å². The van der Waals surface area contributed by atoms with Crippen molar-refractivity contribution in [3.05, 3.63) is 30.1 Å². The zero-order valence-electron chi connectivity index (χ0n) is 7.28. The summed E-state index contributed by atoms with van der Waals surface area (Å²) in [6.07, 6.45) is 0. The fraction of sp³-hybridized carbons (Fsp3) is 0.111. The number of aromatic nitrogens is 3. The highest BCUT2D eigenvalue weighted by Gasteiger charge is 2.05. The second-order valence-electron chi connectivity index (χ2n) is 2.83. The van der Waals surface area contributed by atoms with Gasteiger partial charge in [-0.3, -0.25) is 5.10 Å². The lowest BCUT2D eigenvalue weighted by Gasteiger charge is -1.98. The molecule has 0 saturated carbocycles. The highest BCUT2D eigenvalue weighted by molar-refractivity contribution is 5.70. The van der Waals surface area contributed by atoms with Gasteiger partial charge >= 0.3 is 0 Å². The van der Waals surface area contributed by atoms with Crippen molar-refractivity contribution >= 4 is 5.69 Å². The Bertz CT molecular complexity index is 419. The molecular formula is C9H10N4. The first-order valence-corrected chi connectivity index (χ1v) is 4.01. The quantitative estimate of drug-likeness (QED) is 0.641. The van der Waals surface area contributed by atoms with Crippen molar-refractivity contribution in [3.8, 4) is 11.4 Å². The van der Waals surface area contributed by atoms with Crippen LogP contribution in [-0.2, 0) is 0 Å². The van der Waals surface area contributed by atoms with Crippen molar-refractivity contribution in [1.82, 2.24) is 15.2 Å². The molecule has 0 radical (unpaired) electrons. The number of H-pyrrole nitrogens is 1. The highest BCUT2D eigenvalue weighted by Crippen LogP contribution is 2.21. The Labute approximate surface area is 75.8 Å². The van der Waals surface area contributed by atoms with E-state index >= 15 is 0 Å². The minimum Gasteiger partial charge on any atom is -0.398 e. The molecule has 1 aromatic heterocycles. The molecule has 0 unspecified atom stereocenters. The summed E-state index contributed by atoms with van der Waals surface area (Å²) in [7, 11) is 0. The number of benzene rings is 1. The van der Waals surface area contributed by atoms with Crippen LogP contribution >= 0.6 is 0 Å². The molecule has 1 heterocycles. The Morgan fingerprint density at radius 2 is 2.08 bits per heavy atom. The molecule has 0 fully saturated rings. The van der Waals surface area contributed by atoms with Crippen molar-refractivity contribution in [1.29, 1.82) is 0 Å². The summed E-state index contributed by atoms with van der Waals surface area (Å²) in [5.74, 6) is 1.44. The van der Waals surface area contributed by atoms with Crippen LogP contribution in [0.3, 0.4) is 0 Å². The predicted octanol–water partition coefficient (Wildman–Crippen LogP) is 1.36. The molecule has 13 heavy (non-hydrogen) atoms. The summed E-state index contributed by atoms with van der Waals surface area (Å²) in [6.45, 7) is 1.86. The van der Waals surface area contributed by atoms with Gasteiger partial charge in [-0.2, -0.15) is 5.10 Å². The zero-order chi connectivity index (χ0) is 9.26. The highest BCUT2D eigenvalue weighted by atomic mass is 15.2. The van der Waals surface area contributed by atoms with E-state index in [0.29, 0.717) is 11.5 Å². The van der Waals surface area contributed by atoms with Gasteiger partial charge in [0.2, 0.25) is 0 Å². The fourth-order valence-corrected chi connectivity index (χ4v) is 1.16. The third-order valence-electron chi connectivity index (χ3n) is 1.80. The number of aryl methyl sites for hydroxylation is 1. The van der Waals surface area contributed by atoms with E-state index in [1.54, 1.807) is 0 Å². The van der Waals surface area contributed by atoms with Crippen LogP contribution in [0.15, 0.2) is 24.3 Å². The molecule has 0 saturated heterocycles. The number of aromatic amines is 1. The van der Waals surface area contributed by atoms with Gasteiger partial charge in [0.1, 0.15) is 5.82 Å². The van der Waals surface area contributed by atoms with Gasteiger partial charge in [0.25, 0.3) is 0 Å². The zero-order valence-corrected chi connectivity index (χ0v) is 7.28. The molecule has 0 aliphatic carbocycles. The average molecular weight is 174 g/mol. The summed E-state index contributed by atoms with van der Waals surface area (Å²) in [5, 5.41) is 6.81. The van der Waals surface area contributed by atoms with Gasteiger partial charge in [0.05, 0.1) is 0 Å². The summed E-state index contributed by atoms with van der Waals surface area (Å²) in [6, 6.07) is 7.54. The Kier molecular flexibility index (Phi) is 1.73. The maximum atomic E-state index is 5.77. The average Bonchev–Trinajstić information content (AvgIpc) is 2.53. The number of hydrogen-bond acceptors (Lipinski definition) is 3. The Morgan fingerprint density at radius 1 is 1.31 bits per heavy atom. The molecule has 3 N–H and O–H groups in total. The molecule has 0 aliphatic rings. The van der Waals surface area contributed by atoms with Crippen LogP contribution in [0.4, 0.5) is 5.69 Å². The predicted molar refractivity (Wildman–Crippen MR) is 51.0 cm³/mol. The molecule has 0 amide bonds. The molecular weight excluding hydrogens is 164 g/mol. The van der Waals surface area contributed by atoms with Gasteiger partial charge in [-0.25, -0.2) is 4.98 Å². The minimum atomic E-state index is 0.649. The van der Waals surface area contributed by atoms with Gasteiger partial charge < -0.3 is 5.73 Å². The lowest BCUT2D eigenvalue weighted by Crippen LogP contribution is -1.90. The number of hydrogen-bond donors (Lipinski definition) is 2. The molecule has 1 aromatic carbocycles. The van der Waals surface area contributed by atoms with E-state index in [9.17, 15) is 0 Å². The van der Waals surface area contributed by atoms with Gasteiger partial charge in [-0.05, 0) is 19.1 Å². The number of nitrogens with two attached hydrogens (primary N) is 1. The molecule has 66 valence electrons. The van der Waals surface area contributed by atoms with Crippen LogP contribution < -0.4 is 5.73 Å². The maximum absolute atomic E-state index is 5.77. The number of rotatable bonds is 1. The number of para-hydroxylation sites is 1. The molecule has 0 spiro atoms. The number of nitrogens with zero attached hydrogens (tertiary/aromatic N) is 2. The van der Waals surface area contributed by atoms with Crippen molar-refractivity contribution in [3.63, 3.8) is 0 Å². The first kappa shape index (κ1) is 7.79. The second-order valence-corrected chi connectivity index (χ2v) is 2.83. The lowest BCUT2D eigenvalue weighted by atomic mass is 10.2. The third kappa shape index (κ3) is 1.38. The van der Waals surface area contributed by atoms with E-state index in [-0.39, 0.29) is 0 Å². The Hall–Kier alpha value is -1.84. The lowest BCUT2D eigenvalue weighted by molar-refractivity contribution is 1.04. The van der Waals surface area contributed by atoms with Crippen molar-refractivity contribution in [2.45, 2.75) is 6.92 Å². The standard InChI is InChI=1S/C9H10N4/c1-6-11-9(13-12-6)7-4-2-3-5-8(7)10/h2-5H,10H2,1H3,(H,11,12,13). The first-order chi connectivity index (χ1) is 6.27. The summed E-state index contributed by atoms with van der Waals surface area (Å²) in [5.41, 5.74) is 7.33. The topological polar surface area (TPSA) is 67.6 Å². The van der Waals surface area contributed by atoms with Crippen molar-refractivity contribution in [2.24, 2.45) is 0 Å². The van der Waals surface area contributed by atoms with Crippen LogP contribution in [-0.4, -0.2) is 15.2 Å². The normalized spacial score (nSPS) is 10.2. The smallest absolute Gasteiger partial charge is 0.183 e. The first-order valence-electron chi connectivity index (χ1n) is 4.01. The van der Waals surface area contributed by atoms with Crippen LogP contribution in [0, 0.1) is 6.92 Å². The number of anilines is 1. The molecule has 0 bridgehead atoms. The maximum Gasteiger partial charge on any atom is 0.183 e. The molecule has 2 rings (SSSR count). The van der Waals surface area contributed by atoms with Gasteiger partial charge in [-0.15, -0.1) is 0 Å². The monoisotopic (exact) mass is 174 g/mol. The van der Waals surface area contributed by atoms with Crippen LogP contribution in [0.5, 0.6) is 0 Å². The van der Waals surface area contributed by atoms with Gasteiger partial charge in [-0.1, -0.05) is 12.1 Å². The SMILES string of the molecule is Cc1nc(-c2ccccc2N)n[nH]1. The second kappa shape index (κ2) is 2.90. The molecule has 4 nitrogen and oxygen atoms in total. The minimum absolute atomic E-state index is 0.649. The van der Waals surface area contributed by atoms with E-state index < -0.39 is 0 Å². The number of nitrogen functional groups attached to an aromatic ring is 1. The van der Waals surface area contributed by atoms with Crippen molar-refractivity contribution < 1.29 is 0 Å². The van der Waals surface area contributed by atoms with Crippen molar-refractivity contribution in [2.75, 3.05) is 5.73 Å². The fourth-order valence-electron chi connectivity index (χ4n) is 1.16. The molecule has 0 aliphatic heterocycles. The number of nitrogens with one attached hydrogen (secondary N) is 1. The van der Waals surface area contributed by atoms with E-state index in [2.05, 4.69) is 15.2 Å². The van der Waals surface area contributed by atoms with E-state index in [1.165, 1.54) is 0 Å². The van der Waals surface area contributed by atoms with E-state index in [1.807, 2.05) is 31.2 Å². The third-order valence-corrected chi connectivity index (χ3v) is 1.80. The van der Waals surface area contributed by atoms with E-state index in [4.69, 9.17) is 5.73 Å². The van der Waals surface area contributed by atoms with Gasteiger partial charge in [0, 0.05) is 11.3 Å². The summed E-state index contributed by atoms with van der Waals surface area (Å²) < 4.78 is 0. The molecule has 2 aromatic rings. The Balaban J connectivity index is 2.52. The largest absolute Gasteiger partial charge is 0.398 e. The Morgan fingerprint density at radius 3 is 2.69 bits per heavy atom. The summed E-state index contributed by atoms with van der Waals surface area (Å²) in [4.78, 5) is 4.20. The van der Waals surface area contributed by atoms with Crippen LogP contribution in [0.2, 0.25) is 0 Å². The van der Waals surface area contributed by atoms with Crippen LogP contribution in [0.1, 0.15) is 5.82 Å². The molecule has 0 atom stereocenters. The molecule has 4 heteroatoms. The van der Waals surface area contributed by atoms with E-state index in [0.717, 1.165) is 11.4 Å². The summed E-state index contributed by atoms with van der Waals surface area (Å²) >= 11 is 0. The van der Waals surface area contributed by atoms with Gasteiger partial charge in [0.15, 0.2) is 5.82 Å².